The Morgan fingerprint density at radius 1 is 0.957 bits per heavy atom. The summed E-state index contributed by atoms with van der Waals surface area (Å²) in [5.41, 5.74) is 2.54. The number of hydrogen-bond acceptors (Lipinski definition) is 2. The van der Waals surface area contributed by atoms with E-state index in [0.717, 1.165) is 5.69 Å². The molecular formula is C19H20ClNO2. The van der Waals surface area contributed by atoms with Gasteiger partial charge in [0.15, 0.2) is 5.78 Å². The predicted molar refractivity (Wildman–Crippen MR) is 94.2 cm³/mol. The number of hydrogen-bond donors (Lipinski definition) is 1. The maximum absolute atomic E-state index is 12.0. The van der Waals surface area contributed by atoms with Gasteiger partial charge in [-0.05, 0) is 47.9 Å². The molecule has 0 aromatic heterocycles. The molecule has 0 fully saturated rings. The van der Waals surface area contributed by atoms with E-state index in [1.807, 2.05) is 24.3 Å². The molecule has 120 valence electrons. The van der Waals surface area contributed by atoms with Crippen LogP contribution in [0.4, 0.5) is 5.69 Å². The molecule has 0 aliphatic rings. The normalized spacial score (nSPS) is 10.6. The summed E-state index contributed by atoms with van der Waals surface area (Å²) in [6, 6.07) is 14.5. The van der Waals surface area contributed by atoms with Crippen molar-refractivity contribution in [3.63, 3.8) is 0 Å². The fourth-order valence-corrected chi connectivity index (χ4v) is 2.31. The second kappa shape index (κ2) is 7.93. The van der Waals surface area contributed by atoms with Crippen molar-refractivity contribution in [2.24, 2.45) is 0 Å². The molecule has 0 bridgehead atoms. The Morgan fingerprint density at radius 2 is 1.57 bits per heavy atom. The molecule has 0 unspecified atom stereocenters. The van der Waals surface area contributed by atoms with Gasteiger partial charge >= 0.3 is 0 Å². The quantitative estimate of drug-likeness (QED) is 0.752. The molecule has 4 heteroatoms. The summed E-state index contributed by atoms with van der Waals surface area (Å²) < 4.78 is 0. The smallest absolute Gasteiger partial charge is 0.224 e. The van der Waals surface area contributed by atoms with Gasteiger partial charge in [0, 0.05) is 29.1 Å². The van der Waals surface area contributed by atoms with Gasteiger partial charge in [-0.3, -0.25) is 9.59 Å². The topological polar surface area (TPSA) is 46.2 Å². The second-order valence-electron chi connectivity index (χ2n) is 5.75. The third-order valence-electron chi connectivity index (χ3n) is 3.61. The lowest BCUT2D eigenvalue weighted by Gasteiger charge is -2.08. The monoisotopic (exact) mass is 329 g/mol. The number of carbonyl (C=O) groups is 2. The van der Waals surface area contributed by atoms with Gasteiger partial charge in [-0.15, -0.1) is 0 Å². The number of Topliss-reactive ketones (excluding diaryl/α,β-unsaturated/α-hetero) is 1. The van der Waals surface area contributed by atoms with Gasteiger partial charge in [0.2, 0.25) is 5.91 Å². The largest absolute Gasteiger partial charge is 0.326 e. The Morgan fingerprint density at radius 3 is 2.13 bits per heavy atom. The molecule has 1 amide bonds. The Labute approximate surface area is 141 Å². The van der Waals surface area contributed by atoms with E-state index in [2.05, 4.69) is 19.2 Å². The molecular weight excluding hydrogens is 310 g/mol. The van der Waals surface area contributed by atoms with Gasteiger partial charge in [0.05, 0.1) is 0 Å². The molecule has 0 aliphatic heterocycles. The van der Waals surface area contributed by atoms with Gasteiger partial charge in [-0.2, -0.15) is 0 Å². The number of rotatable bonds is 6. The first-order valence-electron chi connectivity index (χ1n) is 7.64. The van der Waals surface area contributed by atoms with Crippen LogP contribution in [0.25, 0.3) is 0 Å². The Balaban J connectivity index is 1.85. The number of nitrogens with one attached hydrogen (secondary N) is 1. The summed E-state index contributed by atoms with van der Waals surface area (Å²) in [4.78, 5) is 23.9. The summed E-state index contributed by atoms with van der Waals surface area (Å²) in [6.07, 6.45) is 0.338. The average Bonchev–Trinajstić information content (AvgIpc) is 2.54. The fraction of sp³-hybridized carbons (Fsp3) is 0.263. The summed E-state index contributed by atoms with van der Waals surface area (Å²) in [7, 11) is 0. The highest BCUT2D eigenvalue weighted by Gasteiger charge is 2.10. The van der Waals surface area contributed by atoms with Crippen LogP contribution < -0.4 is 5.32 Å². The molecule has 2 rings (SSSR count). The average molecular weight is 330 g/mol. The highest BCUT2D eigenvalue weighted by atomic mass is 35.5. The number of amides is 1. The number of halogens is 1. The van der Waals surface area contributed by atoms with Crippen molar-refractivity contribution < 1.29 is 9.59 Å². The minimum Gasteiger partial charge on any atom is -0.326 e. The van der Waals surface area contributed by atoms with Crippen molar-refractivity contribution in [2.45, 2.75) is 32.6 Å². The molecule has 2 aromatic rings. The van der Waals surface area contributed by atoms with E-state index < -0.39 is 0 Å². The van der Waals surface area contributed by atoms with E-state index in [0.29, 0.717) is 16.5 Å². The Bertz CT molecular complexity index is 676. The van der Waals surface area contributed by atoms with Crippen molar-refractivity contribution in [1.29, 1.82) is 0 Å². The van der Waals surface area contributed by atoms with Gasteiger partial charge in [0.1, 0.15) is 0 Å². The van der Waals surface area contributed by atoms with Crippen molar-refractivity contribution in [2.75, 3.05) is 5.32 Å². The molecule has 0 heterocycles. The first kappa shape index (κ1) is 17.2. The van der Waals surface area contributed by atoms with Crippen LogP contribution in [0.5, 0.6) is 0 Å². The molecule has 3 nitrogen and oxygen atoms in total. The van der Waals surface area contributed by atoms with Gasteiger partial charge in [-0.25, -0.2) is 0 Å². The molecule has 0 radical (unpaired) electrons. The summed E-state index contributed by atoms with van der Waals surface area (Å²) in [5.74, 6) is 0.230. The van der Waals surface area contributed by atoms with Crippen LogP contribution in [-0.4, -0.2) is 11.7 Å². The fourth-order valence-electron chi connectivity index (χ4n) is 2.18. The zero-order valence-corrected chi connectivity index (χ0v) is 14.1. The Hall–Kier alpha value is -2.13. The van der Waals surface area contributed by atoms with Crippen LogP contribution >= 0.6 is 11.6 Å². The van der Waals surface area contributed by atoms with Crippen LogP contribution in [0.2, 0.25) is 5.02 Å². The van der Waals surface area contributed by atoms with E-state index in [1.165, 1.54) is 5.56 Å². The number of anilines is 1. The molecule has 0 spiro atoms. The summed E-state index contributed by atoms with van der Waals surface area (Å²) in [5, 5.41) is 3.40. The lowest BCUT2D eigenvalue weighted by molar-refractivity contribution is -0.116. The summed E-state index contributed by atoms with van der Waals surface area (Å²) in [6.45, 7) is 4.24. The molecule has 1 N–H and O–H groups in total. The minimum absolute atomic E-state index is 0.0630. The molecule has 0 aliphatic carbocycles. The minimum atomic E-state index is -0.162. The standard InChI is InChI=1S/C19H20ClNO2/c1-13(2)14-5-9-17(10-6-14)21-19(23)12-11-18(22)15-3-7-16(20)8-4-15/h3-10,13H,11-12H2,1-2H3,(H,21,23). The van der Waals surface area contributed by atoms with E-state index >= 15 is 0 Å². The van der Waals surface area contributed by atoms with Crippen LogP contribution in [0.15, 0.2) is 48.5 Å². The van der Waals surface area contributed by atoms with E-state index in [-0.39, 0.29) is 24.5 Å². The van der Waals surface area contributed by atoms with Crippen molar-refractivity contribution in [1.82, 2.24) is 0 Å². The highest BCUT2D eigenvalue weighted by Crippen LogP contribution is 2.17. The molecule has 0 saturated heterocycles. The van der Waals surface area contributed by atoms with Gasteiger partial charge < -0.3 is 5.32 Å². The molecule has 0 atom stereocenters. The van der Waals surface area contributed by atoms with E-state index in [4.69, 9.17) is 11.6 Å². The van der Waals surface area contributed by atoms with E-state index in [1.54, 1.807) is 24.3 Å². The van der Waals surface area contributed by atoms with Crippen molar-refractivity contribution in [3.05, 3.63) is 64.7 Å². The maximum atomic E-state index is 12.0. The number of carbonyl (C=O) groups excluding carboxylic acids is 2. The van der Waals surface area contributed by atoms with Crippen LogP contribution in [0.3, 0.4) is 0 Å². The third kappa shape index (κ3) is 5.22. The van der Waals surface area contributed by atoms with Crippen LogP contribution in [-0.2, 0) is 4.79 Å². The van der Waals surface area contributed by atoms with Crippen molar-refractivity contribution in [3.8, 4) is 0 Å². The van der Waals surface area contributed by atoms with E-state index in [9.17, 15) is 9.59 Å². The molecule has 2 aromatic carbocycles. The van der Waals surface area contributed by atoms with Gasteiger partial charge in [-0.1, -0.05) is 37.6 Å². The van der Waals surface area contributed by atoms with Gasteiger partial charge in [0.25, 0.3) is 0 Å². The molecule has 0 saturated carbocycles. The zero-order valence-electron chi connectivity index (χ0n) is 13.3. The predicted octanol–water partition coefficient (Wildman–Crippen LogP) is 5.07. The lowest BCUT2D eigenvalue weighted by atomic mass is 10.0. The lowest BCUT2D eigenvalue weighted by Crippen LogP contribution is -2.13. The third-order valence-corrected chi connectivity index (χ3v) is 3.86. The first-order valence-corrected chi connectivity index (χ1v) is 8.02. The molecule has 23 heavy (non-hydrogen) atoms. The number of benzene rings is 2. The highest BCUT2D eigenvalue weighted by molar-refractivity contribution is 6.30. The second-order valence-corrected chi connectivity index (χ2v) is 6.19. The van der Waals surface area contributed by atoms with Crippen molar-refractivity contribution >= 4 is 29.0 Å². The van der Waals surface area contributed by atoms with Crippen LogP contribution in [0.1, 0.15) is 48.5 Å². The zero-order chi connectivity index (χ0) is 16.8. The van der Waals surface area contributed by atoms with Crippen LogP contribution in [0, 0.1) is 0 Å². The maximum Gasteiger partial charge on any atom is 0.224 e. The SMILES string of the molecule is CC(C)c1ccc(NC(=O)CCC(=O)c2ccc(Cl)cc2)cc1. The summed E-state index contributed by atoms with van der Waals surface area (Å²) >= 11 is 5.79. The Kier molecular flexibility index (Phi) is 5.94. The first-order chi connectivity index (χ1) is 11.0. The number of ketones is 1.